The molecule has 1 fully saturated rings. The van der Waals surface area contributed by atoms with Crippen molar-refractivity contribution in [1.82, 2.24) is 19.4 Å². The van der Waals surface area contributed by atoms with E-state index in [0.717, 1.165) is 49.3 Å². The molecule has 2 aromatic heterocycles. The Balaban J connectivity index is 1.46. The Bertz CT molecular complexity index is 1010. The van der Waals surface area contributed by atoms with Crippen molar-refractivity contribution in [2.24, 2.45) is 5.92 Å². The van der Waals surface area contributed by atoms with Crippen molar-refractivity contribution in [2.75, 3.05) is 18.4 Å². The summed E-state index contributed by atoms with van der Waals surface area (Å²) in [6.07, 6.45) is 7.69. The van der Waals surface area contributed by atoms with Gasteiger partial charge in [-0.15, -0.1) is 0 Å². The van der Waals surface area contributed by atoms with Crippen molar-refractivity contribution < 1.29 is 14.3 Å². The number of piperidine rings is 1. The van der Waals surface area contributed by atoms with E-state index in [2.05, 4.69) is 19.9 Å². The molecule has 4 rings (SSSR count). The molecule has 32 heavy (non-hydrogen) atoms. The number of aromatic nitrogens is 3. The fourth-order valence-corrected chi connectivity index (χ4v) is 4.45. The monoisotopic (exact) mass is 459 g/mol. The van der Waals surface area contributed by atoms with Crippen molar-refractivity contribution in [3.63, 3.8) is 0 Å². The Hall–Kier alpha value is -2.61. The van der Waals surface area contributed by atoms with E-state index in [1.807, 2.05) is 27.0 Å². The number of carbonyl (C=O) groups excluding carboxylic acids is 2. The van der Waals surface area contributed by atoms with Gasteiger partial charge in [0.15, 0.2) is 0 Å². The lowest BCUT2D eigenvalue weighted by Gasteiger charge is -2.33. The number of likely N-dealkylation sites (tertiary alicyclic amines) is 1. The van der Waals surface area contributed by atoms with Crippen LogP contribution in [-0.4, -0.2) is 50.1 Å². The molecule has 0 radical (unpaired) electrons. The Kier molecular flexibility index (Phi) is 6.42. The van der Waals surface area contributed by atoms with Gasteiger partial charge in [0, 0.05) is 37.8 Å². The molecule has 172 valence electrons. The summed E-state index contributed by atoms with van der Waals surface area (Å²) in [5.41, 5.74) is 1.18. The minimum Gasteiger partial charge on any atom is -0.444 e. The van der Waals surface area contributed by atoms with Gasteiger partial charge >= 0.3 is 6.09 Å². The molecule has 1 atom stereocenters. The van der Waals surface area contributed by atoms with Gasteiger partial charge in [0.2, 0.25) is 5.91 Å². The Labute approximate surface area is 193 Å². The summed E-state index contributed by atoms with van der Waals surface area (Å²) in [6, 6.07) is 1.80. The highest BCUT2D eigenvalue weighted by Crippen LogP contribution is 2.32. The van der Waals surface area contributed by atoms with E-state index >= 15 is 0 Å². The molecule has 2 aliphatic rings. The highest BCUT2D eigenvalue weighted by Gasteiger charge is 2.31. The number of hydrogen-bond acceptors (Lipinski definition) is 5. The standard InChI is InChI=1S/C23H30ClN5O3/c1-23(2,3)32-22(31)28-9-6-7-15(14-28)21(30)27-19-11-16(17(24)12-25-19)18-13-26-20-8-4-5-10-29(18)20/h11-13,15H,4-10,14H2,1-3H3,(H,25,27,30)/t15-/m1/s1. The summed E-state index contributed by atoms with van der Waals surface area (Å²) >= 11 is 6.45. The van der Waals surface area contributed by atoms with E-state index in [1.54, 1.807) is 17.2 Å². The number of nitrogens with zero attached hydrogens (tertiary/aromatic N) is 4. The van der Waals surface area contributed by atoms with Crippen molar-refractivity contribution in [3.8, 4) is 11.3 Å². The first-order chi connectivity index (χ1) is 15.2. The maximum Gasteiger partial charge on any atom is 0.410 e. The predicted molar refractivity (Wildman–Crippen MR) is 123 cm³/mol. The fourth-order valence-electron chi connectivity index (χ4n) is 4.25. The first-order valence-corrected chi connectivity index (χ1v) is 11.6. The number of pyridine rings is 1. The zero-order valence-electron chi connectivity index (χ0n) is 18.9. The van der Waals surface area contributed by atoms with E-state index < -0.39 is 5.60 Å². The second-order valence-corrected chi connectivity index (χ2v) is 9.88. The van der Waals surface area contributed by atoms with Gasteiger partial charge in [-0.1, -0.05) is 11.6 Å². The van der Waals surface area contributed by atoms with Crippen LogP contribution in [0.3, 0.4) is 0 Å². The Morgan fingerprint density at radius 2 is 1.97 bits per heavy atom. The Morgan fingerprint density at radius 3 is 2.75 bits per heavy atom. The SMILES string of the molecule is CC(C)(C)OC(=O)N1CCC[C@@H](C(=O)Nc2cc(-c3cnc4n3CCCC4)c(Cl)cn2)C1. The molecule has 0 aliphatic carbocycles. The largest absolute Gasteiger partial charge is 0.444 e. The van der Waals surface area contributed by atoms with E-state index in [1.165, 1.54) is 0 Å². The van der Waals surface area contributed by atoms with Crippen LogP contribution in [0.15, 0.2) is 18.5 Å². The van der Waals surface area contributed by atoms with Gasteiger partial charge < -0.3 is 19.5 Å². The number of carbonyl (C=O) groups is 2. The molecule has 2 aromatic rings. The molecule has 0 saturated carbocycles. The molecule has 0 spiro atoms. The third kappa shape index (κ3) is 5.06. The number of aryl methyl sites for hydroxylation is 1. The maximum absolute atomic E-state index is 13.0. The van der Waals surface area contributed by atoms with E-state index in [9.17, 15) is 9.59 Å². The van der Waals surface area contributed by atoms with Crippen molar-refractivity contribution in [1.29, 1.82) is 0 Å². The second kappa shape index (κ2) is 9.10. The van der Waals surface area contributed by atoms with Gasteiger partial charge in [0.1, 0.15) is 17.2 Å². The van der Waals surface area contributed by atoms with Crippen LogP contribution in [0, 0.1) is 5.92 Å². The second-order valence-electron chi connectivity index (χ2n) is 9.47. The van der Waals surface area contributed by atoms with E-state index in [4.69, 9.17) is 16.3 Å². The molecule has 0 bridgehead atoms. The van der Waals surface area contributed by atoms with Crippen LogP contribution in [0.1, 0.15) is 52.3 Å². The molecule has 9 heteroatoms. The van der Waals surface area contributed by atoms with Crippen LogP contribution < -0.4 is 5.32 Å². The number of fused-ring (bicyclic) bond motifs is 1. The lowest BCUT2D eigenvalue weighted by Crippen LogP contribution is -2.45. The van der Waals surface area contributed by atoms with Gasteiger partial charge in [-0.05, 0) is 52.5 Å². The topological polar surface area (TPSA) is 89.4 Å². The average molecular weight is 460 g/mol. The normalized spacial score (nSPS) is 18.8. The molecular formula is C23H30ClN5O3. The van der Waals surface area contributed by atoms with E-state index in [-0.39, 0.29) is 17.9 Å². The van der Waals surface area contributed by atoms with Crippen molar-refractivity contribution in [2.45, 2.75) is 65.0 Å². The molecule has 8 nitrogen and oxygen atoms in total. The quantitative estimate of drug-likeness (QED) is 0.728. The summed E-state index contributed by atoms with van der Waals surface area (Å²) in [7, 11) is 0. The number of anilines is 1. The molecular weight excluding hydrogens is 430 g/mol. The van der Waals surface area contributed by atoms with Crippen LogP contribution in [0.2, 0.25) is 5.02 Å². The number of nitrogens with one attached hydrogen (secondary N) is 1. The highest BCUT2D eigenvalue weighted by molar-refractivity contribution is 6.33. The van der Waals surface area contributed by atoms with Crippen LogP contribution in [-0.2, 0) is 22.5 Å². The van der Waals surface area contributed by atoms with E-state index in [0.29, 0.717) is 30.4 Å². The van der Waals surface area contributed by atoms with Gasteiger partial charge in [-0.3, -0.25) is 4.79 Å². The molecule has 4 heterocycles. The maximum atomic E-state index is 13.0. The third-order valence-electron chi connectivity index (χ3n) is 5.80. The van der Waals surface area contributed by atoms with Gasteiger partial charge in [-0.2, -0.15) is 0 Å². The first kappa shape index (κ1) is 22.6. The molecule has 2 aliphatic heterocycles. The molecule has 0 aromatic carbocycles. The smallest absolute Gasteiger partial charge is 0.410 e. The number of rotatable bonds is 3. The summed E-state index contributed by atoms with van der Waals surface area (Å²) in [5.74, 6) is 1.03. The van der Waals surface area contributed by atoms with Crippen molar-refractivity contribution >= 4 is 29.4 Å². The first-order valence-electron chi connectivity index (χ1n) is 11.2. The summed E-state index contributed by atoms with van der Waals surface area (Å²) in [5, 5.41) is 3.43. The van der Waals surface area contributed by atoms with Gasteiger partial charge in [0.25, 0.3) is 0 Å². The number of halogens is 1. The lowest BCUT2D eigenvalue weighted by molar-refractivity contribution is -0.121. The fraction of sp³-hybridized carbons (Fsp3) is 0.565. The number of imidazole rings is 1. The van der Waals surface area contributed by atoms with Crippen LogP contribution >= 0.6 is 11.6 Å². The minimum absolute atomic E-state index is 0.158. The summed E-state index contributed by atoms with van der Waals surface area (Å²) in [4.78, 5) is 35.8. The molecule has 1 saturated heterocycles. The van der Waals surface area contributed by atoms with Crippen LogP contribution in [0.4, 0.5) is 10.6 Å². The number of ether oxygens (including phenoxy) is 1. The molecule has 0 unspecified atom stereocenters. The third-order valence-corrected chi connectivity index (χ3v) is 6.10. The summed E-state index contributed by atoms with van der Waals surface area (Å²) in [6.45, 7) is 7.33. The molecule has 1 N–H and O–H groups in total. The average Bonchev–Trinajstić information content (AvgIpc) is 3.18. The molecule has 2 amide bonds. The lowest BCUT2D eigenvalue weighted by atomic mass is 9.97. The highest BCUT2D eigenvalue weighted by atomic mass is 35.5. The predicted octanol–water partition coefficient (Wildman–Crippen LogP) is 4.52. The zero-order valence-corrected chi connectivity index (χ0v) is 19.6. The number of hydrogen-bond donors (Lipinski definition) is 1. The summed E-state index contributed by atoms with van der Waals surface area (Å²) < 4.78 is 7.65. The number of amides is 2. The minimum atomic E-state index is -0.567. The van der Waals surface area contributed by atoms with Crippen molar-refractivity contribution in [3.05, 3.63) is 29.3 Å². The Morgan fingerprint density at radius 1 is 1.16 bits per heavy atom. The van der Waals surface area contributed by atoms with Gasteiger partial charge in [-0.25, -0.2) is 14.8 Å². The van der Waals surface area contributed by atoms with Gasteiger partial charge in [0.05, 0.1) is 22.8 Å². The zero-order chi connectivity index (χ0) is 22.9. The van der Waals surface area contributed by atoms with Crippen LogP contribution in [0.5, 0.6) is 0 Å². The van der Waals surface area contributed by atoms with Crippen LogP contribution in [0.25, 0.3) is 11.3 Å².